The summed E-state index contributed by atoms with van der Waals surface area (Å²) in [7, 11) is 0. The molecule has 2 N–H and O–H groups in total. The van der Waals surface area contributed by atoms with Crippen molar-refractivity contribution in [3.05, 3.63) is 93.8 Å². The monoisotopic (exact) mass is 376 g/mol. The highest BCUT2D eigenvalue weighted by Gasteiger charge is 2.22. The standard InChI is InChI=1S/C20H16N4O4/c1-13-4-2-7-17(18(13)24(27)28)20(26)23-16-6-3-5-15(12-16)22-19(25)14-8-10-21-11-9-14/h2-12H,1H3,(H,22,25)(H,23,26). The number of nitrogens with zero attached hydrogens (tertiary/aromatic N) is 2. The van der Waals surface area contributed by atoms with Crippen LogP contribution >= 0.6 is 0 Å². The predicted molar refractivity (Wildman–Crippen MR) is 104 cm³/mol. The highest BCUT2D eigenvalue weighted by Crippen LogP contribution is 2.24. The first-order valence-corrected chi connectivity index (χ1v) is 8.32. The molecule has 0 radical (unpaired) electrons. The number of pyridine rings is 1. The summed E-state index contributed by atoms with van der Waals surface area (Å²) in [5.74, 6) is -0.923. The van der Waals surface area contributed by atoms with Crippen LogP contribution in [-0.4, -0.2) is 21.7 Å². The van der Waals surface area contributed by atoms with E-state index in [4.69, 9.17) is 0 Å². The van der Waals surface area contributed by atoms with Crippen molar-refractivity contribution in [1.29, 1.82) is 0 Å². The quantitative estimate of drug-likeness (QED) is 0.519. The summed E-state index contributed by atoms with van der Waals surface area (Å²) in [4.78, 5) is 39.3. The molecule has 2 amide bonds. The second-order valence-electron chi connectivity index (χ2n) is 5.95. The molecule has 0 saturated heterocycles. The molecular weight excluding hydrogens is 360 g/mol. The Hall–Kier alpha value is -4.07. The van der Waals surface area contributed by atoms with Gasteiger partial charge in [0.25, 0.3) is 17.5 Å². The van der Waals surface area contributed by atoms with Gasteiger partial charge >= 0.3 is 0 Å². The van der Waals surface area contributed by atoms with Crippen molar-refractivity contribution in [2.75, 3.05) is 10.6 Å². The molecule has 0 atom stereocenters. The zero-order valence-electron chi connectivity index (χ0n) is 14.9. The van der Waals surface area contributed by atoms with Gasteiger partial charge in [-0.3, -0.25) is 24.7 Å². The van der Waals surface area contributed by atoms with Crippen molar-refractivity contribution >= 4 is 28.9 Å². The summed E-state index contributed by atoms with van der Waals surface area (Å²) in [5.41, 5.74) is 1.45. The number of para-hydroxylation sites is 1. The van der Waals surface area contributed by atoms with Crippen molar-refractivity contribution < 1.29 is 14.5 Å². The number of carbonyl (C=O) groups excluding carboxylic acids is 2. The topological polar surface area (TPSA) is 114 Å². The van der Waals surface area contributed by atoms with Crippen LogP contribution in [0, 0.1) is 17.0 Å². The van der Waals surface area contributed by atoms with Crippen molar-refractivity contribution in [3.8, 4) is 0 Å². The number of nitro groups is 1. The normalized spacial score (nSPS) is 10.2. The Morgan fingerprint density at radius 1 is 0.929 bits per heavy atom. The minimum Gasteiger partial charge on any atom is -0.322 e. The van der Waals surface area contributed by atoms with E-state index < -0.39 is 10.8 Å². The fraction of sp³-hybridized carbons (Fsp3) is 0.0500. The van der Waals surface area contributed by atoms with Gasteiger partial charge in [0, 0.05) is 34.9 Å². The van der Waals surface area contributed by atoms with Crippen LogP contribution in [0.15, 0.2) is 67.0 Å². The smallest absolute Gasteiger partial charge is 0.285 e. The molecule has 0 aliphatic rings. The highest BCUT2D eigenvalue weighted by atomic mass is 16.6. The number of hydrogen-bond donors (Lipinski definition) is 2. The number of anilines is 2. The Morgan fingerprint density at radius 2 is 1.54 bits per heavy atom. The molecule has 0 fully saturated rings. The predicted octanol–water partition coefficient (Wildman–Crippen LogP) is 3.80. The Balaban J connectivity index is 1.78. The third-order valence-electron chi connectivity index (χ3n) is 3.99. The van der Waals surface area contributed by atoms with Crippen LogP contribution < -0.4 is 10.6 Å². The molecular formula is C20H16N4O4. The number of nitro benzene ring substituents is 1. The molecule has 3 aromatic rings. The van der Waals surface area contributed by atoms with Crippen LogP contribution in [0.1, 0.15) is 26.3 Å². The zero-order chi connectivity index (χ0) is 20.1. The lowest BCUT2D eigenvalue weighted by molar-refractivity contribution is -0.385. The second kappa shape index (κ2) is 8.09. The highest BCUT2D eigenvalue weighted by molar-refractivity contribution is 6.08. The first-order valence-electron chi connectivity index (χ1n) is 8.32. The van der Waals surface area contributed by atoms with E-state index in [2.05, 4.69) is 15.6 Å². The van der Waals surface area contributed by atoms with E-state index in [1.165, 1.54) is 18.5 Å². The number of hydrogen-bond acceptors (Lipinski definition) is 5. The number of benzene rings is 2. The average molecular weight is 376 g/mol. The van der Waals surface area contributed by atoms with Crippen molar-refractivity contribution in [1.82, 2.24) is 4.98 Å². The molecule has 0 unspecified atom stereocenters. The number of aromatic nitrogens is 1. The molecule has 3 rings (SSSR count). The van der Waals surface area contributed by atoms with E-state index in [-0.39, 0.29) is 17.2 Å². The molecule has 1 aromatic heterocycles. The Morgan fingerprint density at radius 3 is 2.18 bits per heavy atom. The van der Waals surface area contributed by atoms with E-state index in [0.29, 0.717) is 22.5 Å². The molecule has 140 valence electrons. The lowest BCUT2D eigenvalue weighted by Crippen LogP contribution is -2.15. The van der Waals surface area contributed by atoms with Gasteiger partial charge in [-0.05, 0) is 43.3 Å². The van der Waals surface area contributed by atoms with Crippen LogP contribution in [0.2, 0.25) is 0 Å². The fourth-order valence-corrected chi connectivity index (χ4v) is 2.66. The van der Waals surface area contributed by atoms with E-state index >= 15 is 0 Å². The third kappa shape index (κ3) is 4.18. The summed E-state index contributed by atoms with van der Waals surface area (Å²) in [5, 5.41) is 16.6. The lowest BCUT2D eigenvalue weighted by atomic mass is 10.1. The van der Waals surface area contributed by atoms with E-state index in [1.54, 1.807) is 55.5 Å². The molecule has 8 nitrogen and oxygen atoms in total. The van der Waals surface area contributed by atoms with Crippen molar-refractivity contribution in [2.45, 2.75) is 6.92 Å². The minimum atomic E-state index is -0.604. The zero-order valence-corrected chi connectivity index (χ0v) is 14.9. The van der Waals surface area contributed by atoms with Crippen LogP contribution in [0.3, 0.4) is 0 Å². The Labute approximate surface area is 160 Å². The van der Waals surface area contributed by atoms with Gasteiger partial charge in [0.2, 0.25) is 0 Å². The summed E-state index contributed by atoms with van der Waals surface area (Å²) < 4.78 is 0. The van der Waals surface area contributed by atoms with Crippen LogP contribution in [0.25, 0.3) is 0 Å². The molecule has 0 bridgehead atoms. The fourth-order valence-electron chi connectivity index (χ4n) is 2.66. The van der Waals surface area contributed by atoms with E-state index in [0.717, 1.165) is 0 Å². The summed E-state index contributed by atoms with van der Waals surface area (Å²) >= 11 is 0. The molecule has 0 saturated carbocycles. The van der Waals surface area contributed by atoms with E-state index in [1.807, 2.05) is 0 Å². The third-order valence-corrected chi connectivity index (χ3v) is 3.99. The van der Waals surface area contributed by atoms with Crippen molar-refractivity contribution in [2.24, 2.45) is 0 Å². The number of aryl methyl sites for hydroxylation is 1. The molecule has 8 heteroatoms. The Bertz CT molecular complexity index is 1050. The van der Waals surface area contributed by atoms with Gasteiger partial charge in [-0.2, -0.15) is 0 Å². The number of carbonyl (C=O) groups is 2. The Kier molecular flexibility index (Phi) is 5.40. The van der Waals surface area contributed by atoms with Gasteiger partial charge in [0.1, 0.15) is 5.56 Å². The van der Waals surface area contributed by atoms with Crippen LogP contribution in [0.4, 0.5) is 17.1 Å². The maximum absolute atomic E-state index is 12.5. The summed E-state index contributed by atoms with van der Waals surface area (Å²) in [6, 6.07) is 14.2. The maximum atomic E-state index is 12.5. The molecule has 1 heterocycles. The van der Waals surface area contributed by atoms with Gasteiger partial charge in [-0.1, -0.05) is 18.2 Å². The van der Waals surface area contributed by atoms with Crippen LogP contribution in [0.5, 0.6) is 0 Å². The lowest BCUT2D eigenvalue weighted by Gasteiger charge is -2.10. The van der Waals surface area contributed by atoms with Gasteiger partial charge in [0.05, 0.1) is 4.92 Å². The summed E-state index contributed by atoms with van der Waals surface area (Å²) in [6.45, 7) is 1.57. The second-order valence-corrected chi connectivity index (χ2v) is 5.95. The minimum absolute atomic E-state index is 0.0313. The first-order chi connectivity index (χ1) is 13.5. The maximum Gasteiger partial charge on any atom is 0.285 e. The number of rotatable bonds is 5. The molecule has 0 aliphatic heterocycles. The van der Waals surface area contributed by atoms with Gasteiger partial charge < -0.3 is 10.6 Å². The van der Waals surface area contributed by atoms with Gasteiger partial charge in [-0.25, -0.2) is 0 Å². The summed E-state index contributed by atoms with van der Waals surface area (Å²) in [6.07, 6.45) is 3.03. The molecule has 0 aliphatic carbocycles. The molecule has 2 aromatic carbocycles. The van der Waals surface area contributed by atoms with Gasteiger partial charge in [-0.15, -0.1) is 0 Å². The average Bonchev–Trinajstić information content (AvgIpc) is 2.68. The van der Waals surface area contributed by atoms with Gasteiger partial charge in [0.15, 0.2) is 0 Å². The molecule has 28 heavy (non-hydrogen) atoms. The van der Waals surface area contributed by atoms with E-state index in [9.17, 15) is 19.7 Å². The van der Waals surface area contributed by atoms with Crippen LogP contribution in [-0.2, 0) is 0 Å². The van der Waals surface area contributed by atoms with Crippen molar-refractivity contribution in [3.63, 3.8) is 0 Å². The number of nitrogens with one attached hydrogen (secondary N) is 2. The number of amides is 2. The largest absolute Gasteiger partial charge is 0.322 e. The SMILES string of the molecule is Cc1cccc(C(=O)Nc2cccc(NC(=O)c3ccncc3)c2)c1[N+](=O)[O-]. The first kappa shape index (κ1) is 18.7. The molecule has 0 spiro atoms.